The SMILES string of the molecule is Nc1cncc(Sc2nnnn2-c2ccccc2)n1. The Morgan fingerprint density at radius 3 is 2.74 bits per heavy atom. The fourth-order valence-electron chi connectivity index (χ4n) is 1.48. The highest BCUT2D eigenvalue weighted by atomic mass is 32.2. The lowest BCUT2D eigenvalue weighted by Gasteiger charge is -2.03. The van der Waals surface area contributed by atoms with Crippen LogP contribution in [-0.2, 0) is 0 Å². The number of tetrazole rings is 1. The molecule has 0 saturated carbocycles. The van der Waals surface area contributed by atoms with Crippen LogP contribution in [-0.4, -0.2) is 30.2 Å². The minimum atomic E-state index is 0.365. The normalized spacial score (nSPS) is 10.5. The van der Waals surface area contributed by atoms with Gasteiger partial charge >= 0.3 is 0 Å². The Bertz CT molecular complexity index is 682. The number of hydrogen-bond acceptors (Lipinski definition) is 7. The molecule has 1 aromatic carbocycles. The third-order valence-corrected chi connectivity index (χ3v) is 3.11. The van der Waals surface area contributed by atoms with Crippen molar-refractivity contribution in [1.82, 2.24) is 30.2 Å². The maximum atomic E-state index is 5.59. The minimum Gasteiger partial charge on any atom is -0.382 e. The zero-order chi connectivity index (χ0) is 13.1. The van der Waals surface area contributed by atoms with Crippen LogP contribution < -0.4 is 5.73 Å². The van der Waals surface area contributed by atoms with Crippen LogP contribution in [0.4, 0.5) is 5.82 Å². The van der Waals surface area contributed by atoms with Crippen molar-refractivity contribution in [2.24, 2.45) is 0 Å². The third kappa shape index (κ3) is 2.52. The average molecular weight is 271 g/mol. The van der Waals surface area contributed by atoms with Crippen LogP contribution in [0.1, 0.15) is 0 Å². The van der Waals surface area contributed by atoms with Gasteiger partial charge in [-0.05, 0) is 34.3 Å². The summed E-state index contributed by atoms with van der Waals surface area (Å²) in [6.07, 6.45) is 3.11. The molecule has 0 bridgehead atoms. The number of nitrogens with zero attached hydrogens (tertiary/aromatic N) is 6. The second-order valence-corrected chi connectivity index (χ2v) is 4.58. The lowest BCUT2D eigenvalue weighted by atomic mass is 10.3. The quantitative estimate of drug-likeness (QED) is 0.764. The number of anilines is 1. The van der Waals surface area contributed by atoms with Gasteiger partial charge in [-0.2, -0.15) is 4.68 Å². The highest BCUT2D eigenvalue weighted by molar-refractivity contribution is 7.99. The predicted octanol–water partition coefficient (Wildman–Crippen LogP) is 1.19. The van der Waals surface area contributed by atoms with Gasteiger partial charge in [0, 0.05) is 0 Å². The molecule has 19 heavy (non-hydrogen) atoms. The second kappa shape index (κ2) is 5.02. The Balaban J connectivity index is 1.93. The summed E-state index contributed by atoms with van der Waals surface area (Å²) in [6.45, 7) is 0. The Morgan fingerprint density at radius 1 is 1.11 bits per heavy atom. The fraction of sp³-hybridized carbons (Fsp3) is 0. The minimum absolute atomic E-state index is 0.365. The molecule has 7 nitrogen and oxygen atoms in total. The second-order valence-electron chi connectivity index (χ2n) is 3.59. The smallest absolute Gasteiger partial charge is 0.220 e. The Morgan fingerprint density at radius 2 is 1.95 bits per heavy atom. The average Bonchev–Trinajstić information content (AvgIpc) is 2.88. The Hall–Kier alpha value is -2.48. The van der Waals surface area contributed by atoms with Crippen molar-refractivity contribution in [1.29, 1.82) is 0 Å². The van der Waals surface area contributed by atoms with Crippen molar-refractivity contribution in [2.75, 3.05) is 5.73 Å². The standard InChI is InChI=1S/C11H9N7S/c12-9-6-13-7-10(14-9)19-11-15-16-17-18(11)8-4-2-1-3-5-8/h1-7H,(H2,12,14). The van der Waals surface area contributed by atoms with Crippen molar-refractivity contribution in [3.05, 3.63) is 42.7 Å². The summed E-state index contributed by atoms with van der Waals surface area (Å²) in [4.78, 5) is 8.13. The van der Waals surface area contributed by atoms with Gasteiger partial charge in [0.05, 0.1) is 18.1 Å². The van der Waals surface area contributed by atoms with Gasteiger partial charge in [-0.25, -0.2) is 4.98 Å². The highest BCUT2D eigenvalue weighted by Gasteiger charge is 2.10. The van der Waals surface area contributed by atoms with E-state index < -0.39 is 0 Å². The molecule has 0 amide bonds. The first-order valence-electron chi connectivity index (χ1n) is 5.42. The molecule has 0 spiro atoms. The lowest BCUT2D eigenvalue weighted by molar-refractivity contribution is 0.756. The topological polar surface area (TPSA) is 95.4 Å². The fourth-order valence-corrected chi connectivity index (χ4v) is 2.24. The molecule has 0 radical (unpaired) electrons. The van der Waals surface area contributed by atoms with Crippen LogP contribution in [0.3, 0.4) is 0 Å². The molecule has 3 aromatic rings. The molecule has 2 heterocycles. The summed E-state index contributed by atoms with van der Waals surface area (Å²) >= 11 is 1.30. The van der Waals surface area contributed by atoms with Crippen LogP contribution >= 0.6 is 11.8 Å². The van der Waals surface area contributed by atoms with Crippen molar-refractivity contribution < 1.29 is 0 Å². The summed E-state index contributed by atoms with van der Waals surface area (Å²) in [5.74, 6) is 0.365. The molecule has 8 heteroatoms. The molecule has 0 aliphatic rings. The number of benzene rings is 1. The van der Waals surface area contributed by atoms with E-state index in [-0.39, 0.29) is 0 Å². The molecule has 2 aromatic heterocycles. The van der Waals surface area contributed by atoms with Gasteiger partial charge < -0.3 is 5.73 Å². The molecule has 0 atom stereocenters. The van der Waals surface area contributed by atoms with E-state index in [0.717, 1.165) is 5.69 Å². The lowest BCUT2D eigenvalue weighted by Crippen LogP contribution is -1.99. The van der Waals surface area contributed by atoms with Crippen molar-refractivity contribution in [2.45, 2.75) is 10.2 Å². The van der Waals surface area contributed by atoms with Gasteiger partial charge in [-0.1, -0.05) is 18.2 Å². The predicted molar refractivity (Wildman–Crippen MR) is 69.7 cm³/mol. The number of nitrogen functional groups attached to an aromatic ring is 1. The summed E-state index contributed by atoms with van der Waals surface area (Å²) < 4.78 is 1.63. The summed E-state index contributed by atoms with van der Waals surface area (Å²) in [6, 6.07) is 9.62. The first-order chi connectivity index (χ1) is 9.33. The molecule has 0 aliphatic heterocycles. The van der Waals surface area contributed by atoms with Crippen LogP contribution in [0.15, 0.2) is 52.9 Å². The van der Waals surface area contributed by atoms with E-state index >= 15 is 0 Å². The molecule has 0 fully saturated rings. The van der Waals surface area contributed by atoms with Gasteiger partial charge in [-0.15, -0.1) is 5.10 Å². The van der Waals surface area contributed by atoms with Crippen LogP contribution in [0.5, 0.6) is 0 Å². The van der Waals surface area contributed by atoms with Crippen molar-refractivity contribution in [3.8, 4) is 5.69 Å². The Labute approximate surface area is 112 Å². The van der Waals surface area contributed by atoms with E-state index in [2.05, 4.69) is 25.5 Å². The molecule has 3 rings (SSSR count). The zero-order valence-corrected chi connectivity index (χ0v) is 10.5. The van der Waals surface area contributed by atoms with Crippen molar-refractivity contribution >= 4 is 17.6 Å². The van der Waals surface area contributed by atoms with Crippen LogP contribution in [0.2, 0.25) is 0 Å². The molecule has 0 saturated heterocycles. The maximum absolute atomic E-state index is 5.59. The summed E-state index contributed by atoms with van der Waals surface area (Å²) in [5.41, 5.74) is 6.47. The molecule has 0 unspecified atom stereocenters. The van der Waals surface area contributed by atoms with E-state index in [0.29, 0.717) is 16.0 Å². The van der Waals surface area contributed by atoms with Gasteiger partial charge in [0.2, 0.25) is 5.16 Å². The van der Waals surface area contributed by atoms with Crippen LogP contribution in [0, 0.1) is 0 Å². The molecule has 0 aliphatic carbocycles. The van der Waals surface area contributed by atoms with Crippen molar-refractivity contribution in [3.63, 3.8) is 0 Å². The number of aromatic nitrogens is 6. The monoisotopic (exact) mass is 271 g/mol. The van der Waals surface area contributed by atoms with Crippen LogP contribution in [0.25, 0.3) is 5.69 Å². The zero-order valence-electron chi connectivity index (χ0n) is 9.71. The highest BCUT2D eigenvalue weighted by Crippen LogP contribution is 2.24. The number of para-hydroxylation sites is 1. The molecular formula is C11H9N7S. The summed E-state index contributed by atoms with van der Waals surface area (Å²) in [5, 5.41) is 12.9. The van der Waals surface area contributed by atoms with Gasteiger partial charge in [0.25, 0.3) is 0 Å². The van der Waals surface area contributed by atoms with E-state index in [9.17, 15) is 0 Å². The largest absolute Gasteiger partial charge is 0.382 e. The van der Waals surface area contributed by atoms with E-state index in [1.165, 1.54) is 18.0 Å². The number of rotatable bonds is 3. The first-order valence-corrected chi connectivity index (χ1v) is 6.24. The first kappa shape index (κ1) is 11.6. The molecule has 94 valence electrons. The van der Waals surface area contributed by atoms with E-state index in [4.69, 9.17) is 5.73 Å². The van der Waals surface area contributed by atoms with E-state index in [1.54, 1.807) is 10.9 Å². The third-order valence-electron chi connectivity index (χ3n) is 2.27. The summed E-state index contributed by atoms with van der Waals surface area (Å²) in [7, 11) is 0. The van der Waals surface area contributed by atoms with E-state index in [1.807, 2.05) is 30.3 Å². The van der Waals surface area contributed by atoms with Gasteiger partial charge in [0.15, 0.2) is 0 Å². The molecular weight excluding hydrogens is 262 g/mol. The maximum Gasteiger partial charge on any atom is 0.220 e. The Kier molecular flexibility index (Phi) is 3.07. The van der Waals surface area contributed by atoms with Gasteiger partial charge in [-0.3, -0.25) is 4.98 Å². The number of hydrogen-bond donors (Lipinski definition) is 1. The molecule has 2 N–H and O–H groups in total. The number of nitrogens with two attached hydrogens (primary N) is 1. The van der Waals surface area contributed by atoms with Gasteiger partial charge in [0.1, 0.15) is 10.8 Å².